The standard InChI is InChI=1S/C61H66N4/c1-9-12-27-48-43(6)42(5)41(4)24-15-14-22-37-64(60-62-56-30-20-18-29-52(56)59(63-60)44-25-16-13-17-26-44)38-36-49(48)45-32-35-58-53(39-45)51-28-19-21-31-57(51)65(58)46-33-34-50-47(11-3)54(23-10-2)61(7,8)55(50)40-46/h9-13,15-18,20-21,23-27,29-35,39-40,47,49,53-54,58,60,63H,1,3-5,14,19,22,28,36-38H2,2,6-8H3/b23-10-,24-15-,27-12-,48-43-/t47?,49-,53?,54+,58-,60+/m1/s1. The van der Waals surface area contributed by atoms with Crippen LogP contribution in [-0.4, -0.2) is 30.3 Å². The van der Waals surface area contributed by atoms with Gasteiger partial charge in [0.2, 0.25) is 0 Å². The van der Waals surface area contributed by atoms with Gasteiger partial charge in [-0.3, -0.25) is 4.90 Å². The molecule has 0 radical (unpaired) electrons. The Hall–Kier alpha value is -6.23. The van der Waals surface area contributed by atoms with Gasteiger partial charge in [-0.1, -0.05) is 161 Å². The minimum Gasteiger partial charge on any atom is -0.350 e. The number of hydrogen-bond donors (Lipinski definition) is 1. The Morgan fingerprint density at radius 1 is 0.908 bits per heavy atom. The first-order valence-electron chi connectivity index (χ1n) is 23.9. The molecular formula is C61H66N4. The van der Waals surface area contributed by atoms with Gasteiger partial charge < -0.3 is 10.2 Å². The molecule has 330 valence electrons. The summed E-state index contributed by atoms with van der Waals surface area (Å²) in [7, 11) is 0. The molecular weight excluding hydrogens is 789 g/mol. The molecule has 1 N–H and O–H groups in total. The first-order chi connectivity index (χ1) is 31.6. The van der Waals surface area contributed by atoms with Crippen LogP contribution in [0.2, 0.25) is 0 Å². The van der Waals surface area contributed by atoms with E-state index in [1.165, 1.54) is 44.8 Å². The van der Waals surface area contributed by atoms with Crippen LogP contribution in [-0.2, 0) is 5.41 Å². The third-order valence-electron chi connectivity index (χ3n) is 15.0. The third-order valence-corrected chi connectivity index (χ3v) is 15.0. The number of nitrogens with one attached hydrogen (secondary N) is 1. The first-order valence-corrected chi connectivity index (χ1v) is 23.9. The molecule has 6 atom stereocenters. The summed E-state index contributed by atoms with van der Waals surface area (Å²) >= 11 is 0. The molecule has 0 saturated heterocycles. The maximum absolute atomic E-state index is 5.41. The molecule has 3 aliphatic carbocycles. The van der Waals surface area contributed by atoms with Crippen molar-refractivity contribution in [3.05, 3.63) is 245 Å². The van der Waals surface area contributed by atoms with E-state index in [4.69, 9.17) is 4.99 Å². The molecule has 3 aromatic rings. The molecule has 9 rings (SSSR count). The molecule has 0 aromatic heterocycles. The Balaban J connectivity index is 1.11. The van der Waals surface area contributed by atoms with E-state index in [0.717, 1.165) is 72.6 Å². The summed E-state index contributed by atoms with van der Waals surface area (Å²) in [6.45, 7) is 28.5. The lowest BCUT2D eigenvalue weighted by Crippen LogP contribution is -2.52. The maximum Gasteiger partial charge on any atom is 0.177 e. The van der Waals surface area contributed by atoms with E-state index in [-0.39, 0.29) is 29.6 Å². The van der Waals surface area contributed by atoms with Crippen LogP contribution < -0.4 is 20.8 Å². The van der Waals surface area contributed by atoms with Crippen molar-refractivity contribution < 1.29 is 0 Å². The van der Waals surface area contributed by atoms with Crippen molar-refractivity contribution >= 4 is 11.4 Å². The van der Waals surface area contributed by atoms with Crippen LogP contribution in [0.3, 0.4) is 0 Å². The van der Waals surface area contributed by atoms with Gasteiger partial charge in [-0.25, -0.2) is 4.99 Å². The number of allylic oxidation sites excluding steroid dienone is 16. The van der Waals surface area contributed by atoms with Crippen molar-refractivity contribution in [1.82, 2.24) is 10.2 Å². The fraction of sp³-hybridized carbons (Fsp3) is 0.295. The van der Waals surface area contributed by atoms with Crippen molar-refractivity contribution in [2.24, 2.45) is 22.7 Å². The normalized spacial score (nSPS) is 28.3. The molecule has 2 unspecified atom stereocenters. The van der Waals surface area contributed by atoms with Crippen LogP contribution in [0.4, 0.5) is 5.69 Å². The summed E-state index contributed by atoms with van der Waals surface area (Å²) in [6.07, 6.45) is 34.6. The zero-order valence-electron chi connectivity index (χ0n) is 39.0. The molecule has 3 aromatic carbocycles. The average Bonchev–Trinajstić information content (AvgIpc) is 3.77. The highest BCUT2D eigenvalue weighted by Crippen LogP contribution is 2.54. The monoisotopic (exact) mass is 855 g/mol. The van der Waals surface area contributed by atoms with Gasteiger partial charge in [0.05, 0.1) is 17.1 Å². The largest absolute Gasteiger partial charge is 0.350 e. The molecule has 6 aliphatic rings. The van der Waals surface area contributed by atoms with Crippen molar-refractivity contribution in [2.45, 2.75) is 83.5 Å². The van der Waals surface area contributed by atoms with Gasteiger partial charge in [-0.2, -0.15) is 0 Å². The highest BCUT2D eigenvalue weighted by Gasteiger charge is 2.46. The molecule has 3 aliphatic heterocycles. The molecule has 4 nitrogen and oxygen atoms in total. The SMILES string of the molecule is C=C/C=C\C1=C(/C)C(=C)C(=C)/C=C\CCCN([C@H]2N=c3ccccc3=C(c3ccccc3)N2)CC[C@@H]1C1=CC2C3=C(C=CCC3)N(c3ccc4c(c3)C(C)(C)[C@@H](/C=C\C)C4C=C)[C@@H]2C=C1. The Labute approximate surface area is 388 Å². The van der Waals surface area contributed by atoms with Gasteiger partial charge in [0.15, 0.2) is 6.29 Å². The third kappa shape index (κ3) is 8.23. The Morgan fingerprint density at radius 3 is 2.51 bits per heavy atom. The first kappa shape index (κ1) is 44.0. The molecule has 3 heterocycles. The summed E-state index contributed by atoms with van der Waals surface area (Å²) in [5.74, 6) is 1.03. The van der Waals surface area contributed by atoms with E-state index >= 15 is 0 Å². The van der Waals surface area contributed by atoms with Gasteiger partial charge in [0.1, 0.15) is 0 Å². The lowest BCUT2D eigenvalue weighted by atomic mass is 9.75. The van der Waals surface area contributed by atoms with E-state index < -0.39 is 0 Å². The topological polar surface area (TPSA) is 30.9 Å². The lowest BCUT2D eigenvalue weighted by Gasteiger charge is -2.36. The zero-order valence-corrected chi connectivity index (χ0v) is 39.0. The summed E-state index contributed by atoms with van der Waals surface area (Å²) in [4.78, 5) is 10.6. The van der Waals surface area contributed by atoms with E-state index in [1.807, 2.05) is 6.08 Å². The number of rotatable bonds is 8. The molecule has 0 fully saturated rings. The molecule has 0 amide bonds. The van der Waals surface area contributed by atoms with Crippen LogP contribution in [0, 0.1) is 17.8 Å². The number of benzene rings is 3. The summed E-state index contributed by atoms with van der Waals surface area (Å²) in [5, 5.41) is 6.10. The van der Waals surface area contributed by atoms with Crippen molar-refractivity contribution in [2.75, 3.05) is 18.0 Å². The Morgan fingerprint density at radius 2 is 1.71 bits per heavy atom. The number of hydrogen-bond acceptors (Lipinski definition) is 4. The Kier molecular flexibility index (Phi) is 12.7. The second-order valence-electron chi connectivity index (χ2n) is 19.1. The Bertz CT molecular complexity index is 2780. The highest BCUT2D eigenvalue weighted by atomic mass is 15.4. The van der Waals surface area contributed by atoms with Gasteiger partial charge in [-0.15, -0.1) is 6.58 Å². The van der Waals surface area contributed by atoms with Crippen molar-refractivity contribution in [3.8, 4) is 0 Å². The molecule has 0 saturated carbocycles. The zero-order chi connectivity index (χ0) is 45.2. The minimum atomic E-state index is -0.213. The molecule has 4 heteroatoms. The highest BCUT2D eigenvalue weighted by molar-refractivity contribution is 5.69. The summed E-state index contributed by atoms with van der Waals surface area (Å²) in [6, 6.07) is 26.7. The smallest absolute Gasteiger partial charge is 0.177 e. The quantitative estimate of drug-likeness (QED) is 0.181. The van der Waals surface area contributed by atoms with Gasteiger partial charge in [0.25, 0.3) is 0 Å². The molecule has 0 bridgehead atoms. The maximum atomic E-state index is 5.41. The van der Waals surface area contributed by atoms with Crippen LogP contribution in [0.25, 0.3) is 5.70 Å². The number of para-hydroxylation sites is 1. The van der Waals surface area contributed by atoms with E-state index in [2.05, 4.69) is 215 Å². The van der Waals surface area contributed by atoms with Crippen molar-refractivity contribution in [1.29, 1.82) is 0 Å². The van der Waals surface area contributed by atoms with E-state index in [1.54, 1.807) is 5.57 Å². The van der Waals surface area contributed by atoms with Gasteiger partial charge in [-0.05, 0) is 132 Å². The number of anilines is 1. The fourth-order valence-electron chi connectivity index (χ4n) is 11.6. The van der Waals surface area contributed by atoms with E-state index in [0.29, 0.717) is 11.8 Å². The minimum absolute atomic E-state index is 0.0128. The van der Waals surface area contributed by atoms with Gasteiger partial charge in [0, 0.05) is 47.4 Å². The summed E-state index contributed by atoms with van der Waals surface area (Å²) < 4.78 is 0. The van der Waals surface area contributed by atoms with Crippen LogP contribution in [0.5, 0.6) is 0 Å². The lowest BCUT2D eigenvalue weighted by molar-refractivity contribution is 0.172. The van der Waals surface area contributed by atoms with E-state index in [9.17, 15) is 0 Å². The predicted molar refractivity (Wildman–Crippen MR) is 275 cm³/mol. The summed E-state index contributed by atoms with van der Waals surface area (Å²) in [5.41, 5.74) is 15.0. The fourth-order valence-corrected chi connectivity index (χ4v) is 11.6. The molecule has 65 heavy (non-hydrogen) atoms. The molecule has 0 spiro atoms. The number of nitrogens with zero attached hydrogens (tertiary/aromatic N) is 3. The predicted octanol–water partition coefficient (Wildman–Crippen LogP) is 12.5. The second-order valence-corrected chi connectivity index (χ2v) is 19.1. The van der Waals surface area contributed by atoms with Crippen LogP contribution in [0.1, 0.15) is 82.4 Å². The van der Waals surface area contributed by atoms with Crippen molar-refractivity contribution in [3.63, 3.8) is 0 Å². The van der Waals surface area contributed by atoms with Crippen LogP contribution >= 0.6 is 0 Å². The van der Waals surface area contributed by atoms with Crippen LogP contribution in [0.15, 0.2) is 222 Å². The number of fused-ring (bicyclic) bond motifs is 4. The van der Waals surface area contributed by atoms with Gasteiger partial charge >= 0.3 is 0 Å². The average molecular weight is 855 g/mol. The second kappa shape index (κ2) is 18.7.